The fourth-order valence-electron chi connectivity index (χ4n) is 1.06. The summed E-state index contributed by atoms with van der Waals surface area (Å²) in [4.78, 5) is 11.6. The Balaban J connectivity index is 2.50. The lowest BCUT2D eigenvalue weighted by Gasteiger charge is -2.22. The fourth-order valence-corrected chi connectivity index (χ4v) is 1.06. The van der Waals surface area contributed by atoms with Gasteiger partial charge in [-0.25, -0.2) is 0 Å². The van der Waals surface area contributed by atoms with Crippen LogP contribution in [0.25, 0.3) is 0 Å². The van der Waals surface area contributed by atoms with E-state index in [2.05, 4.69) is 5.32 Å². The topological polar surface area (TPSA) is 68.3 Å². The lowest BCUT2D eigenvalue weighted by atomic mass is 9.94. The van der Waals surface area contributed by atoms with Gasteiger partial charge in [0.1, 0.15) is 12.0 Å². The van der Waals surface area contributed by atoms with Crippen molar-refractivity contribution in [3.8, 4) is 0 Å². The number of nitrogens with one attached hydrogen (secondary N) is 1. The van der Waals surface area contributed by atoms with Crippen LogP contribution in [-0.4, -0.2) is 19.0 Å². The van der Waals surface area contributed by atoms with Crippen LogP contribution in [-0.2, 0) is 0 Å². The number of rotatable bonds is 4. The lowest BCUT2D eigenvalue weighted by Crippen LogP contribution is -2.38. The van der Waals surface area contributed by atoms with E-state index in [-0.39, 0.29) is 11.3 Å². The van der Waals surface area contributed by atoms with Gasteiger partial charge in [-0.1, -0.05) is 13.8 Å². The first-order valence-corrected chi connectivity index (χ1v) is 4.98. The molecule has 4 nitrogen and oxygen atoms in total. The van der Waals surface area contributed by atoms with E-state index in [1.807, 2.05) is 13.8 Å². The number of aryl methyl sites for hydroxylation is 1. The lowest BCUT2D eigenvalue weighted by molar-refractivity contribution is 0.0937. The average molecular weight is 210 g/mol. The molecule has 0 aliphatic rings. The van der Waals surface area contributed by atoms with Gasteiger partial charge in [0.2, 0.25) is 0 Å². The fraction of sp³-hybridized carbons (Fsp3) is 0.545. The van der Waals surface area contributed by atoms with Crippen LogP contribution in [0.1, 0.15) is 30.0 Å². The van der Waals surface area contributed by atoms with Gasteiger partial charge in [0.25, 0.3) is 5.91 Å². The number of carbonyl (C=O) groups is 1. The summed E-state index contributed by atoms with van der Waals surface area (Å²) >= 11 is 0. The number of amides is 1. The molecule has 0 atom stereocenters. The zero-order valence-electron chi connectivity index (χ0n) is 9.46. The molecule has 1 aromatic heterocycles. The minimum atomic E-state index is -0.117. The summed E-state index contributed by atoms with van der Waals surface area (Å²) in [6.07, 6.45) is 1.46. The van der Waals surface area contributed by atoms with Crippen LogP contribution in [0.2, 0.25) is 0 Å². The summed E-state index contributed by atoms with van der Waals surface area (Å²) < 4.78 is 5.06. The van der Waals surface area contributed by atoms with E-state index in [9.17, 15) is 4.79 Å². The predicted molar refractivity (Wildman–Crippen MR) is 58.6 cm³/mol. The molecule has 0 aliphatic heterocycles. The summed E-state index contributed by atoms with van der Waals surface area (Å²) in [6.45, 7) is 6.92. The Morgan fingerprint density at radius 1 is 1.60 bits per heavy atom. The molecule has 1 heterocycles. The van der Waals surface area contributed by atoms with Crippen molar-refractivity contribution in [2.24, 2.45) is 11.1 Å². The Bertz CT molecular complexity index is 342. The first-order chi connectivity index (χ1) is 6.94. The van der Waals surface area contributed by atoms with Crippen molar-refractivity contribution < 1.29 is 9.21 Å². The van der Waals surface area contributed by atoms with Crippen LogP contribution >= 0.6 is 0 Å². The van der Waals surface area contributed by atoms with Crippen LogP contribution < -0.4 is 11.1 Å². The summed E-state index contributed by atoms with van der Waals surface area (Å²) in [5.74, 6) is 0.617. The molecule has 0 aromatic carbocycles. The quantitative estimate of drug-likeness (QED) is 0.787. The van der Waals surface area contributed by atoms with E-state index in [0.29, 0.717) is 18.7 Å². The third-order valence-electron chi connectivity index (χ3n) is 2.27. The zero-order chi connectivity index (χ0) is 11.5. The van der Waals surface area contributed by atoms with E-state index in [1.165, 1.54) is 6.26 Å². The number of carbonyl (C=O) groups excluding carboxylic acids is 1. The highest BCUT2D eigenvalue weighted by Crippen LogP contribution is 2.11. The highest BCUT2D eigenvalue weighted by molar-refractivity contribution is 5.93. The molecule has 0 saturated heterocycles. The molecule has 15 heavy (non-hydrogen) atoms. The van der Waals surface area contributed by atoms with Crippen molar-refractivity contribution in [2.75, 3.05) is 13.1 Å². The number of hydrogen-bond acceptors (Lipinski definition) is 3. The van der Waals surface area contributed by atoms with Crippen molar-refractivity contribution in [3.05, 3.63) is 23.7 Å². The predicted octanol–water partition coefficient (Wildman–Crippen LogP) is 1.30. The Labute approximate surface area is 89.8 Å². The molecular weight excluding hydrogens is 192 g/mol. The molecule has 1 aromatic rings. The maximum absolute atomic E-state index is 11.6. The minimum Gasteiger partial charge on any atom is -0.469 e. The summed E-state index contributed by atoms with van der Waals surface area (Å²) in [5.41, 5.74) is 6.05. The van der Waals surface area contributed by atoms with Gasteiger partial charge >= 0.3 is 0 Å². The van der Waals surface area contributed by atoms with E-state index in [4.69, 9.17) is 10.2 Å². The van der Waals surface area contributed by atoms with Gasteiger partial charge in [0, 0.05) is 6.54 Å². The second kappa shape index (κ2) is 4.49. The smallest absolute Gasteiger partial charge is 0.254 e. The Hall–Kier alpha value is -1.29. The van der Waals surface area contributed by atoms with Crippen molar-refractivity contribution in [3.63, 3.8) is 0 Å². The SMILES string of the molecule is Cc1cc(C(=O)NCC(C)(C)CN)co1. The second-order valence-electron chi connectivity index (χ2n) is 4.50. The van der Waals surface area contributed by atoms with Gasteiger partial charge in [-0.2, -0.15) is 0 Å². The number of furan rings is 1. The summed E-state index contributed by atoms with van der Waals surface area (Å²) in [7, 11) is 0. The third-order valence-corrected chi connectivity index (χ3v) is 2.27. The third kappa shape index (κ3) is 3.40. The molecule has 0 unspecified atom stereocenters. The standard InChI is InChI=1S/C11H18N2O2/c1-8-4-9(5-15-8)10(14)13-7-11(2,3)6-12/h4-5H,6-7,12H2,1-3H3,(H,13,14). The first kappa shape index (κ1) is 11.8. The molecular formula is C11H18N2O2. The van der Waals surface area contributed by atoms with Gasteiger partial charge in [0.05, 0.1) is 5.56 Å². The van der Waals surface area contributed by atoms with Gasteiger partial charge in [-0.3, -0.25) is 4.79 Å². The number of hydrogen-bond donors (Lipinski definition) is 2. The molecule has 84 valence electrons. The van der Waals surface area contributed by atoms with E-state index < -0.39 is 0 Å². The average Bonchev–Trinajstić information content (AvgIpc) is 2.61. The maximum Gasteiger partial charge on any atom is 0.254 e. The van der Waals surface area contributed by atoms with E-state index in [1.54, 1.807) is 13.0 Å². The van der Waals surface area contributed by atoms with Crippen LogP contribution in [0.3, 0.4) is 0 Å². The van der Waals surface area contributed by atoms with Crippen molar-refractivity contribution in [2.45, 2.75) is 20.8 Å². The highest BCUT2D eigenvalue weighted by atomic mass is 16.3. The zero-order valence-corrected chi connectivity index (χ0v) is 9.46. The maximum atomic E-state index is 11.6. The summed E-state index contributed by atoms with van der Waals surface area (Å²) in [5, 5.41) is 2.82. The normalized spacial score (nSPS) is 11.5. The molecule has 0 spiro atoms. The molecule has 0 bridgehead atoms. The van der Waals surface area contributed by atoms with Crippen LogP contribution in [0.5, 0.6) is 0 Å². The monoisotopic (exact) mass is 210 g/mol. The Morgan fingerprint density at radius 2 is 2.27 bits per heavy atom. The molecule has 0 radical (unpaired) electrons. The van der Waals surface area contributed by atoms with Crippen molar-refractivity contribution in [1.29, 1.82) is 0 Å². The highest BCUT2D eigenvalue weighted by Gasteiger charge is 2.17. The molecule has 0 saturated carbocycles. The van der Waals surface area contributed by atoms with Gasteiger partial charge in [-0.05, 0) is 24.9 Å². The number of nitrogens with two attached hydrogens (primary N) is 1. The van der Waals surface area contributed by atoms with Gasteiger partial charge < -0.3 is 15.5 Å². The van der Waals surface area contributed by atoms with Gasteiger partial charge in [-0.15, -0.1) is 0 Å². The molecule has 1 amide bonds. The minimum absolute atomic E-state index is 0.0750. The van der Waals surface area contributed by atoms with Crippen LogP contribution in [0, 0.1) is 12.3 Å². The van der Waals surface area contributed by atoms with Crippen LogP contribution in [0.15, 0.2) is 16.7 Å². The molecule has 3 N–H and O–H groups in total. The second-order valence-corrected chi connectivity index (χ2v) is 4.50. The summed E-state index contributed by atoms with van der Waals surface area (Å²) in [6, 6.07) is 1.71. The van der Waals surface area contributed by atoms with E-state index in [0.717, 1.165) is 5.76 Å². The van der Waals surface area contributed by atoms with Crippen molar-refractivity contribution >= 4 is 5.91 Å². The van der Waals surface area contributed by atoms with Crippen LogP contribution in [0.4, 0.5) is 0 Å². The van der Waals surface area contributed by atoms with Crippen molar-refractivity contribution in [1.82, 2.24) is 5.32 Å². The molecule has 1 rings (SSSR count). The van der Waals surface area contributed by atoms with Gasteiger partial charge in [0.15, 0.2) is 0 Å². The first-order valence-electron chi connectivity index (χ1n) is 4.98. The molecule has 0 fully saturated rings. The Kier molecular flexibility index (Phi) is 3.52. The largest absolute Gasteiger partial charge is 0.469 e. The molecule has 0 aliphatic carbocycles. The Morgan fingerprint density at radius 3 is 2.73 bits per heavy atom. The molecule has 4 heteroatoms. The van der Waals surface area contributed by atoms with E-state index >= 15 is 0 Å².